The summed E-state index contributed by atoms with van der Waals surface area (Å²) in [6, 6.07) is 10.4. The molecule has 7 heteroatoms. The van der Waals surface area contributed by atoms with Gasteiger partial charge in [0.1, 0.15) is 0 Å². The van der Waals surface area contributed by atoms with Crippen LogP contribution in [-0.2, 0) is 0 Å². The van der Waals surface area contributed by atoms with Gasteiger partial charge in [-0.15, -0.1) is 0 Å². The van der Waals surface area contributed by atoms with Crippen molar-refractivity contribution in [3.8, 4) is 0 Å². The predicted octanol–water partition coefficient (Wildman–Crippen LogP) is 6.06. The van der Waals surface area contributed by atoms with Crippen LogP contribution in [0.5, 0.6) is 0 Å². The molecule has 0 aliphatic heterocycles. The first-order chi connectivity index (χ1) is 9.90. The second kappa shape index (κ2) is 6.89. The molecule has 0 spiro atoms. The highest BCUT2D eigenvalue weighted by molar-refractivity contribution is 9.11. The standard InChI is InChI=1S/C14H11Br3N2O2/c1-8(10-4-2-3-5-13(10)19(20)21)18-14-11(16)6-9(15)7-12(14)17/h2-8,18H,1H3. The normalized spacial score (nSPS) is 12.0. The lowest BCUT2D eigenvalue weighted by atomic mass is 10.1. The Morgan fingerprint density at radius 3 is 2.29 bits per heavy atom. The molecule has 4 nitrogen and oxygen atoms in total. The van der Waals surface area contributed by atoms with Crippen molar-refractivity contribution in [2.45, 2.75) is 13.0 Å². The van der Waals surface area contributed by atoms with Gasteiger partial charge in [-0.2, -0.15) is 0 Å². The van der Waals surface area contributed by atoms with Gasteiger partial charge in [-0.1, -0.05) is 34.1 Å². The summed E-state index contributed by atoms with van der Waals surface area (Å²) < 4.78 is 2.67. The van der Waals surface area contributed by atoms with Crippen LogP contribution in [0.3, 0.4) is 0 Å². The van der Waals surface area contributed by atoms with Crippen molar-refractivity contribution in [3.63, 3.8) is 0 Å². The van der Waals surface area contributed by atoms with Crippen LogP contribution in [-0.4, -0.2) is 4.92 Å². The van der Waals surface area contributed by atoms with Gasteiger partial charge in [-0.3, -0.25) is 10.1 Å². The number of hydrogen-bond acceptors (Lipinski definition) is 3. The molecule has 1 N–H and O–H groups in total. The van der Waals surface area contributed by atoms with Gasteiger partial charge in [-0.25, -0.2) is 0 Å². The van der Waals surface area contributed by atoms with E-state index in [0.29, 0.717) is 5.56 Å². The minimum absolute atomic E-state index is 0.113. The first-order valence-corrected chi connectivity index (χ1v) is 8.42. The summed E-state index contributed by atoms with van der Waals surface area (Å²) in [6.07, 6.45) is 0. The lowest BCUT2D eigenvalue weighted by Crippen LogP contribution is -2.10. The maximum Gasteiger partial charge on any atom is 0.274 e. The van der Waals surface area contributed by atoms with Crippen molar-refractivity contribution >= 4 is 59.2 Å². The van der Waals surface area contributed by atoms with Crippen LogP contribution in [0.1, 0.15) is 18.5 Å². The van der Waals surface area contributed by atoms with Crippen molar-refractivity contribution in [3.05, 3.63) is 65.5 Å². The average molecular weight is 479 g/mol. The highest BCUT2D eigenvalue weighted by Crippen LogP contribution is 2.37. The van der Waals surface area contributed by atoms with Gasteiger partial charge in [0.25, 0.3) is 5.69 Å². The fourth-order valence-electron chi connectivity index (χ4n) is 1.99. The summed E-state index contributed by atoms with van der Waals surface area (Å²) in [5.41, 5.74) is 1.61. The maximum atomic E-state index is 11.1. The second-order valence-corrected chi connectivity index (χ2v) is 7.05. The Morgan fingerprint density at radius 2 is 1.71 bits per heavy atom. The molecule has 0 amide bonds. The molecule has 0 aliphatic rings. The minimum atomic E-state index is -0.362. The van der Waals surface area contributed by atoms with Gasteiger partial charge in [0.2, 0.25) is 0 Å². The molecule has 21 heavy (non-hydrogen) atoms. The largest absolute Gasteiger partial charge is 0.376 e. The Bertz CT molecular complexity index is 669. The van der Waals surface area contributed by atoms with Gasteiger partial charge in [0.05, 0.1) is 22.2 Å². The summed E-state index contributed by atoms with van der Waals surface area (Å²) in [4.78, 5) is 10.7. The van der Waals surface area contributed by atoms with Gasteiger partial charge in [0.15, 0.2) is 0 Å². The van der Waals surface area contributed by atoms with Crippen molar-refractivity contribution < 1.29 is 4.92 Å². The zero-order valence-electron chi connectivity index (χ0n) is 10.9. The summed E-state index contributed by atoms with van der Waals surface area (Å²) >= 11 is 10.4. The van der Waals surface area contributed by atoms with Crippen LogP contribution >= 0.6 is 47.8 Å². The Kier molecular flexibility index (Phi) is 5.40. The van der Waals surface area contributed by atoms with Crippen molar-refractivity contribution in [1.82, 2.24) is 0 Å². The Morgan fingerprint density at radius 1 is 1.14 bits per heavy atom. The number of nitrogens with one attached hydrogen (secondary N) is 1. The number of nitrogens with zero attached hydrogens (tertiary/aromatic N) is 1. The van der Waals surface area contributed by atoms with Gasteiger partial charge in [0, 0.05) is 19.5 Å². The van der Waals surface area contributed by atoms with E-state index in [1.165, 1.54) is 6.07 Å². The van der Waals surface area contributed by atoms with Crippen LogP contribution in [0.15, 0.2) is 49.8 Å². The third-order valence-electron chi connectivity index (χ3n) is 2.97. The van der Waals surface area contributed by atoms with Crippen LogP contribution < -0.4 is 5.32 Å². The number of rotatable bonds is 4. The van der Waals surface area contributed by atoms with Crippen molar-refractivity contribution in [2.75, 3.05) is 5.32 Å². The molecular formula is C14H11Br3N2O2. The quantitative estimate of drug-likeness (QED) is 0.429. The second-order valence-electron chi connectivity index (χ2n) is 4.43. The molecule has 0 bridgehead atoms. The van der Waals surface area contributed by atoms with E-state index in [1.54, 1.807) is 18.2 Å². The number of para-hydroxylation sites is 1. The first kappa shape index (κ1) is 16.5. The molecule has 2 aromatic carbocycles. The van der Waals surface area contributed by atoms with E-state index in [9.17, 15) is 10.1 Å². The fraction of sp³-hybridized carbons (Fsp3) is 0.143. The lowest BCUT2D eigenvalue weighted by molar-refractivity contribution is -0.385. The number of anilines is 1. The number of hydrogen-bond donors (Lipinski definition) is 1. The van der Waals surface area contributed by atoms with E-state index in [0.717, 1.165) is 19.1 Å². The summed E-state index contributed by atoms with van der Waals surface area (Å²) in [6.45, 7) is 1.89. The van der Waals surface area contributed by atoms with Crippen molar-refractivity contribution in [2.24, 2.45) is 0 Å². The molecule has 2 rings (SSSR count). The molecule has 0 radical (unpaired) electrons. The van der Waals surface area contributed by atoms with E-state index in [2.05, 4.69) is 53.1 Å². The van der Waals surface area contributed by atoms with Gasteiger partial charge in [-0.05, 0) is 50.9 Å². The zero-order chi connectivity index (χ0) is 15.6. The first-order valence-electron chi connectivity index (χ1n) is 6.04. The molecule has 0 aliphatic carbocycles. The molecule has 1 unspecified atom stereocenters. The highest BCUT2D eigenvalue weighted by Gasteiger charge is 2.19. The predicted molar refractivity (Wildman–Crippen MR) is 94.7 cm³/mol. The van der Waals surface area contributed by atoms with Crippen LogP contribution in [0.25, 0.3) is 0 Å². The van der Waals surface area contributed by atoms with E-state index in [1.807, 2.05) is 19.1 Å². The Labute approximate surface area is 147 Å². The summed E-state index contributed by atoms with van der Waals surface area (Å²) in [5, 5.41) is 14.4. The molecular weight excluding hydrogens is 468 g/mol. The molecule has 0 heterocycles. The van der Waals surface area contributed by atoms with E-state index < -0.39 is 0 Å². The molecule has 1 atom stereocenters. The van der Waals surface area contributed by atoms with E-state index in [-0.39, 0.29) is 16.7 Å². The van der Waals surface area contributed by atoms with Crippen molar-refractivity contribution in [1.29, 1.82) is 0 Å². The van der Waals surface area contributed by atoms with E-state index in [4.69, 9.17) is 0 Å². The zero-order valence-corrected chi connectivity index (χ0v) is 15.7. The maximum absolute atomic E-state index is 11.1. The summed E-state index contributed by atoms with van der Waals surface area (Å²) in [5.74, 6) is 0. The average Bonchev–Trinajstić information content (AvgIpc) is 2.42. The lowest BCUT2D eigenvalue weighted by Gasteiger charge is -2.18. The topological polar surface area (TPSA) is 55.2 Å². The monoisotopic (exact) mass is 476 g/mol. The highest BCUT2D eigenvalue weighted by atomic mass is 79.9. The van der Waals surface area contributed by atoms with Crippen LogP contribution in [0.4, 0.5) is 11.4 Å². The molecule has 0 saturated carbocycles. The molecule has 0 fully saturated rings. The fourth-order valence-corrected chi connectivity index (χ4v) is 4.48. The van der Waals surface area contributed by atoms with Gasteiger partial charge >= 0.3 is 0 Å². The molecule has 0 aromatic heterocycles. The number of halogens is 3. The summed E-state index contributed by atoms with van der Waals surface area (Å²) in [7, 11) is 0. The van der Waals surface area contributed by atoms with E-state index >= 15 is 0 Å². The number of nitro groups is 1. The van der Waals surface area contributed by atoms with Crippen LogP contribution in [0, 0.1) is 10.1 Å². The van der Waals surface area contributed by atoms with Gasteiger partial charge < -0.3 is 5.32 Å². The number of benzene rings is 2. The van der Waals surface area contributed by atoms with Crippen LogP contribution in [0.2, 0.25) is 0 Å². The SMILES string of the molecule is CC(Nc1c(Br)cc(Br)cc1Br)c1ccccc1[N+](=O)[O-]. The minimum Gasteiger partial charge on any atom is -0.376 e. The number of nitro benzene ring substituents is 1. The third kappa shape index (κ3) is 3.84. The Hall–Kier alpha value is -0.920. The molecule has 2 aromatic rings. The third-order valence-corrected chi connectivity index (χ3v) is 4.68. The Balaban J connectivity index is 2.35. The smallest absolute Gasteiger partial charge is 0.274 e. The molecule has 0 saturated heterocycles. The molecule has 110 valence electrons.